The largest absolute Gasteiger partial charge is 2.00 e. The molecule has 50 valence electrons. The van der Waals surface area contributed by atoms with Crippen LogP contribution in [0.4, 0.5) is 0 Å². The summed E-state index contributed by atoms with van der Waals surface area (Å²) >= 11 is 0. The van der Waals surface area contributed by atoms with Crippen molar-refractivity contribution in [2.45, 2.75) is 19.8 Å². The Morgan fingerprint density at radius 2 is 1.89 bits per heavy atom. The molecule has 9 heavy (non-hydrogen) atoms. The van der Waals surface area contributed by atoms with E-state index in [9.17, 15) is 9.59 Å². The fourth-order valence-electron chi connectivity index (χ4n) is 0.283. The van der Waals surface area contributed by atoms with Crippen molar-refractivity contribution >= 4 is 49.5 Å². The maximum Gasteiger partial charge on any atom is 2.00 e. The summed E-state index contributed by atoms with van der Waals surface area (Å²) < 4.78 is 0. The van der Waals surface area contributed by atoms with Gasteiger partial charge in [-0.25, -0.2) is 0 Å². The Morgan fingerprint density at radius 1 is 1.44 bits per heavy atom. The third-order valence-corrected chi connectivity index (χ3v) is 0.691. The molecular formula is C5H10CaO3. The van der Waals surface area contributed by atoms with Gasteiger partial charge in [-0.15, -0.1) is 0 Å². The van der Waals surface area contributed by atoms with Crippen LogP contribution in [0.2, 0.25) is 0 Å². The number of carboxylic acids is 1. The summed E-state index contributed by atoms with van der Waals surface area (Å²) in [5, 5.41) is 8.01. The molecule has 0 heterocycles. The SMILES string of the molecule is CC(=O)CCC(=O)O.[Ca+2].[H-].[H-]. The fraction of sp³-hybridized carbons (Fsp3) is 0.600. The summed E-state index contributed by atoms with van der Waals surface area (Å²) in [5.74, 6) is -0.993. The number of rotatable bonds is 3. The van der Waals surface area contributed by atoms with Crippen molar-refractivity contribution in [2.24, 2.45) is 0 Å². The van der Waals surface area contributed by atoms with Gasteiger partial charge < -0.3 is 12.8 Å². The van der Waals surface area contributed by atoms with Crippen molar-refractivity contribution in [3.8, 4) is 0 Å². The molecule has 0 fully saturated rings. The second kappa shape index (κ2) is 6.52. The zero-order valence-corrected chi connectivity index (χ0v) is 7.59. The predicted octanol–water partition coefficient (Wildman–Crippen LogP) is 0.284. The number of ketones is 1. The van der Waals surface area contributed by atoms with Crippen LogP contribution in [0.1, 0.15) is 22.6 Å². The van der Waals surface area contributed by atoms with Crippen molar-refractivity contribution < 1.29 is 17.5 Å². The molecule has 0 aliphatic rings. The van der Waals surface area contributed by atoms with Crippen LogP contribution in [0.3, 0.4) is 0 Å². The van der Waals surface area contributed by atoms with E-state index < -0.39 is 5.97 Å². The second-order valence-corrected chi connectivity index (χ2v) is 1.60. The maximum absolute atomic E-state index is 10.1. The van der Waals surface area contributed by atoms with Crippen LogP contribution >= 0.6 is 0 Å². The molecule has 0 bridgehead atoms. The van der Waals surface area contributed by atoms with E-state index in [0.717, 1.165) is 0 Å². The van der Waals surface area contributed by atoms with Gasteiger partial charge in [0, 0.05) is 6.42 Å². The van der Waals surface area contributed by atoms with Crippen molar-refractivity contribution in [3.05, 3.63) is 0 Å². The van der Waals surface area contributed by atoms with Gasteiger partial charge in [0.25, 0.3) is 0 Å². The van der Waals surface area contributed by atoms with Crippen molar-refractivity contribution in [2.75, 3.05) is 0 Å². The van der Waals surface area contributed by atoms with E-state index in [1.165, 1.54) is 6.92 Å². The first-order valence-electron chi connectivity index (χ1n) is 2.34. The minimum absolute atomic E-state index is 0. The summed E-state index contributed by atoms with van der Waals surface area (Å²) in [6.45, 7) is 1.38. The first-order chi connectivity index (χ1) is 3.63. The molecule has 0 radical (unpaired) electrons. The molecule has 3 nitrogen and oxygen atoms in total. The minimum Gasteiger partial charge on any atom is -1.00 e. The molecule has 0 atom stereocenters. The molecule has 4 heteroatoms. The summed E-state index contributed by atoms with van der Waals surface area (Å²) in [6, 6.07) is 0. The standard InChI is InChI=1S/C5H8O3.Ca.2H/c1-4(6)2-3-5(7)8;;;/h2-3H2,1H3,(H,7,8);;;/q;+2;2*-1. The van der Waals surface area contributed by atoms with E-state index in [-0.39, 0.29) is 59.2 Å². The zero-order chi connectivity index (χ0) is 6.57. The van der Waals surface area contributed by atoms with E-state index in [4.69, 9.17) is 5.11 Å². The van der Waals surface area contributed by atoms with Gasteiger partial charge in [-0.2, -0.15) is 0 Å². The third-order valence-electron chi connectivity index (χ3n) is 0.691. The Bertz CT molecular complexity index is 104. The number of hydrogen-bond donors (Lipinski definition) is 1. The normalized spacial score (nSPS) is 7.67. The van der Waals surface area contributed by atoms with Crippen LogP contribution in [0.5, 0.6) is 0 Å². The predicted molar refractivity (Wildman–Crippen MR) is 35.5 cm³/mol. The molecule has 1 N–H and O–H groups in total. The Hall–Kier alpha value is 0.400. The van der Waals surface area contributed by atoms with Crippen LogP contribution in [0, 0.1) is 0 Å². The van der Waals surface area contributed by atoms with Crippen molar-refractivity contribution in [1.82, 2.24) is 0 Å². The van der Waals surface area contributed by atoms with Crippen LogP contribution in [-0.2, 0) is 9.59 Å². The average molecular weight is 158 g/mol. The van der Waals surface area contributed by atoms with Crippen molar-refractivity contribution in [3.63, 3.8) is 0 Å². The van der Waals surface area contributed by atoms with Gasteiger partial charge >= 0.3 is 43.7 Å². The van der Waals surface area contributed by atoms with Gasteiger partial charge in [-0.3, -0.25) is 4.79 Å². The van der Waals surface area contributed by atoms with E-state index in [2.05, 4.69) is 0 Å². The third kappa shape index (κ3) is 11.8. The van der Waals surface area contributed by atoms with Gasteiger partial charge in [0.05, 0.1) is 6.42 Å². The molecule has 0 aromatic carbocycles. The number of aliphatic carboxylic acids is 1. The molecule has 0 aliphatic heterocycles. The first-order valence-corrected chi connectivity index (χ1v) is 2.34. The molecule has 0 aromatic rings. The zero-order valence-electron chi connectivity index (χ0n) is 7.39. The number of carboxylic acid groups (broad SMARTS) is 1. The minimum atomic E-state index is -0.916. The van der Waals surface area contributed by atoms with E-state index in [0.29, 0.717) is 0 Å². The number of carbonyl (C=O) groups is 2. The van der Waals surface area contributed by atoms with Gasteiger partial charge in [-0.05, 0) is 6.92 Å². The molecule has 0 aliphatic carbocycles. The first kappa shape index (κ1) is 12.1. The van der Waals surface area contributed by atoms with Gasteiger partial charge in [0.2, 0.25) is 0 Å². The van der Waals surface area contributed by atoms with Gasteiger partial charge in [-0.1, -0.05) is 0 Å². The Kier molecular flexibility index (Phi) is 8.77. The molecular weight excluding hydrogens is 148 g/mol. The quantitative estimate of drug-likeness (QED) is 0.600. The van der Waals surface area contributed by atoms with Crippen LogP contribution in [0.15, 0.2) is 0 Å². The molecule has 0 spiro atoms. The van der Waals surface area contributed by atoms with Gasteiger partial charge in [0.15, 0.2) is 0 Å². The average Bonchev–Trinajstić information content (AvgIpc) is 1.61. The monoisotopic (exact) mass is 158 g/mol. The summed E-state index contributed by atoms with van der Waals surface area (Å²) in [6.07, 6.45) is 0.102. The summed E-state index contributed by atoms with van der Waals surface area (Å²) in [4.78, 5) is 19.8. The summed E-state index contributed by atoms with van der Waals surface area (Å²) in [7, 11) is 0. The van der Waals surface area contributed by atoms with Crippen LogP contribution < -0.4 is 0 Å². The molecule has 0 unspecified atom stereocenters. The molecule has 0 aromatic heterocycles. The van der Waals surface area contributed by atoms with E-state index in [1.807, 2.05) is 0 Å². The van der Waals surface area contributed by atoms with Crippen LogP contribution in [-0.4, -0.2) is 54.6 Å². The van der Waals surface area contributed by atoms with Crippen molar-refractivity contribution in [1.29, 1.82) is 0 Å². The van der Waals surface area contributed by atoms with Crippen LogP contribution in [0.25, 0.3) is 0 Å². The smallest absolute Gasteiger partial charge is 1.00 e. The number of carbonyl (C=O) groups excluding carboxylic acids is 1. The second-order valence-electron chi connectivity index (χ2n) is 1.60. The molecule has 0 amide bonds. The van der Waals surface area contributed by atoms with E-state index >= 15 is 0 Å². The molecule has 0 saturated carbocycles. The number of hydrogen-bond acceptors (Lipinski definition) is 2. The Labute approximate surface area is 86.4 Å². The maximum atomic E-state index is 10.1. The topological polar surface area (TPSA) is 54.4 Å². The summed E-state index contributed by atoms with van der Waals surface area (Å²) in [5.41, 5.74) is 0. The Morgan fingerprint density at radius 3 is 2.00 bits per heavy atom. The Balaban J connectivity index is -0.0000000817. The van der Waals surface area contributed by atoms with E-state index in [1.54, 1.807) is 0 Å². The molecule has 0 saturated heterocycles. The number of Topliss-reactive ketones (excluding diaryl/α,β-unsaturated/α-hetero) is 1. The van der Waals surface area contributed by atoms with Gasteiger partial charge in [0.1, 0.15) is 5.78 Å². The molecule has 0 rings (SSSR count). The fourth-order valence-corrected chi connectivity index (χ4v) is 0.283.